The molecule has 0 saturated carbocycles. The van der Waals surface area contributed by atoms with Crippen LogP contribution in [0.3, 0.4) is 0 Å². The summed E-state index contributed by atoms with van der Waals surface area (Å²) in [5.41, 5.74) is 3.11. The average molecular weight is 468 g/mol. The van der Waals surface area contributed by atoms with E-state index in [0.717, 1.165) is 16.7 Å². The fourth-order valence-electron chi connectivity index (χ4n) is 4.15. The van der Waals surface area contributed by atoms with E-state index in [4.69, 9.17) is 0 Å². The minimum Gasteiger partial charge on any atom is -0.503 e. The highest BCUT2D eigenvalue weighted by Gasteiger charge is 2.44. The number of hydrogen-bond donors (Lipinski definition) is 1. The van der Waals surface area contributed by atoms with Gasteiger partial charge in [0, 0.05) is 24.5 Å². The molecule has 168 valence electrons. The molecule has 1 aliphatic heterocycles. The lowest BCUT2D eigenvalue weighted by atomic mass is 9.95. The van der Waals surface area contributed by atoms with Crippen molar-refractivity contribution in [2.24, 2.45) is 0 Å². The van der Waals surface area contributed by atoms with Crippen LogP contribution in [0.1, 0.15) is 32.5 Å². The van der Waals surface area contributed by atoms with Crippen LogP contribution >= 0.6 is 11.3 Å². The summed E-state index contributed by atoms with van der Waals surface area (Å²) in [6.07, 6.45) is 3.33. The summed E-state index contributed by atoms with van der Waals surface area (Å²) in [7, 11) is 0. The van der Waals surface area contributed by atoms with E-state index in [9.17, 15) is 14.7 Å². The van der Waals surface area contributed by atoms with Gasteiger partial charge < -0.3 is 10.0 Å². The maximum atomic E-state index is 13.8. The number of ketones is 1. The number of nitrogens with zero attached hydrogens (tertiary/aromatic N) is 3. The highest BCUT2D eigenvalue weighted by atomic mass is 32.1. The third-order valence-corrected chi connectivity index (χ3v) is 6.97. The number of aromatic nitrogens is 2. The Balaban J connectivity index is 1.57. The molecule has 1 atom stereocenters. The van der Waals surface area contributed by atoms with Crippen LogP contribution < -0.4 is 0 Å². The molecule has 2 aromatic carbocycles. The van der Waals surface area contributed by atoms with Gasteiger partial charge >= 0.3 is 0 Å². The predicted octanol–water partition coefficient (Wildman–Crippen LogP) is 5.29. The fraction of sp³-hybridized carbons (Fsp3) is 0.111. The molecule has 1 aliphatic rings. The fourth-order valence-corrected chi connectivity index (χ4v) is 5.18. The van der Waals surface area contributed by atoms with Gasteiger partial charge in [0.1, 0.15) is 5.01 Å². The summed E-state index contributed by atoms with van der Waals surface area (Å²) < 4.78 is 0. The minimum absolute atomic E-state index is 0.0754. The van der Waals surface area contributed by atoms with Gasteiger partial charge in [-0.25, -0.2) is 4.98 Å². The van der Waals surface area contributed by atoms with Gasteiger partial charge in [-0.1, -0.05) is 66.7 Å². The van der Waals surface area contributed by atoms with Crippen molar-refractivity contribution in [2.45, 2.75) is 19.5 Å². The van der Waals surface area contributed by atoms with Gasteiger partial charge in [-0.05, 0) is 24.1 Å². The van der Waals surface area contributed by atoms with Crippen molar-refractivity contribution in [1.29, 1.82) is 0 Å². The first-order valence-electron chi connectivity index (χ1n) is 10.8. The molecule has 34 heavy (non-hydrogen) atoms. The molecule has 0 fully saturated rings. The smallest absolute Gasteiger partial charge is 0.290 e. The van der Waals surface area contributed by atoms with Gasteiger partial charge in [0.05, 0.1) is 22.2 Å². The molecular formula is C27H21N3O3S. The number of carbonyl (C=O) groups is 2. The van der Waals surface area contributed by atoms with Crippen LogP contribution in [0.25, 0.3) is 10.6 Å². The Kier molecular flexibility index (Phi) is 5.77. The van der Waals surface area contributed by atoms with Crippen molar-refractivity contribution in [2.75, 3.05) is 0 Å². The maximum absolute atomic E-state index is 13.8. The maximum Gasteiger partial charge on any atom is 0.290 e. The highest BCUT2D eigenvalue weighted by Crippen LogP contribution is 2.41. The second-order valence-corrected chi connectivity index (χ2v) is 9.00. The molecule has 0 radical (unpaired) electrons. The lowest BCUT2D eigenvalue weighted by molar-refractivity contribution is -0.130. The largest absolute Gasteiger partial charge is 0.503 e. The summed E-state index contributed by atoms with van der Waals surface area (Å²) in [6, 6.07) is 21.8. The van der Waals surface area contributed by atoms with E-state index in [1.165, 1.54) is 16.2 Å². The summed E-state index contributed by atoms with van der Waals surface area (Å²) in [4.78, 5) is 37.6. The van der Waals surface area contributed by atoms with E-state index >= 15 is 0 Å². The second kappa shape index (κ2) is 9.03. The Labute approximate surface area is 200 Å². The Morgan fingerprint density at radius 1 is 1.03 bits per heavy atom. The Morgan fingerprint density at radius 3 is 2.41 bits per heavy atom. The Bertz CT molecular complexity index is 1380. The molecule has 1 unspecified atom stereocenters. The molecule has 0 spiro atoms. The minimum atomic E-state index is -0.719. The van der Waals surface area contributed by atoms with E-state index in [0.29, 0.717) is 15.6 Å². The molecule has 6 nitrogen and oxygen atoms in total. The van der Waals surface area contributed by atoms with E-state index < -0.39 is 17.7 Å². The van der Waals surface area contributed by atoms with Crippen molar-refractivity contribution in [3.63, 3.8) is 0 Å². The van der Waals surface area contributed by atoms with Crippen molar-refractivity contribution >= 4 is 23.0 Å². The van der Waals surface area contributed by atoms with Crippen LogP contribution in [0.5, 0.6) is 0 Å². The van der Waals surface area contributed by atoms with Gasteiger partial charge in [-0.15, -0.1) is 11.3 Å². The zero-order valence-electron chi connectivity index (χ0n) is 18.4. The number of Topliss-reactive ketones (excluding diaryl/α,β-unsaturated/α-hetero) is 1. The highest BCUT2D eigenvalue weighted by molar-refractivity contribution is 7.17. The Morgan fingerprint density at radius 2 is 1.74 bits per heavy atom. The number of aliphatic hydroxyl groups excluding tert-OH is 1. The predicted molar refractivity (Wildman–Crippen MR) is 130 cm³/mol. The summed E-state index contributed by atoms with van der Waals surface area (Å²) in [6.45, 7) is 1.99. The molecule has 0 aliphatic carbocycles. The molecule has 0 bridgehead atoms. The molecule has 1 N–H and O–H groups in total. The van der Waals surface area contributed by atoms with Gasteiger partial charge in [-0.3, -0.25) is 14.6 Å². The summed E-state index contributed by atoms with van der Waals surface area (Å²) in [5.74, 6) is -1.48. The molecule has 4 aromatic rings. The molecule has 0 saturated heterocycles. The Hall–Kier alpha value is -4.10. The summed E-state index contributed by atoms with van der Waals surface area (Å²) in [5, 5.41) is 11.6. The number of benzene rings is 2. The van der Waals surface area contributed by atoms with Crippen LogP contribution in [-0.2, 0) is 11.3 Å². The van der Waals surface area contributed by atoms with Crippen molar-refractivity contribution in [3.05, 3.63) is 118 Å². The van der Waals surface area contributed by atoms with Crippen LogP contribution in [-0.4, -0.2) is 31.7 Å². The van der Waals surface area contributed by atoms with Crippen LogP contribution in [0, 0.1) is 6.92 Å². The molecule has 1 amide bonds. The number of amides is 1. The first-order chi connectivity index (χ1) is 16.5. The SMILES string of the molecule is Cc1nc(-c2ccccc2)sc1C(=O)C1=C(O)C(=O)N(Cc2cccnc2)C1c1ccccc1. The van der Waals surface area contributed by atoms with E-state index in [2.05, 4.69) is 9.97 Å². The monoisotopic (exact) mass is 467 g/mol. The first-order valence-corrected chi connectivity index (χ1v) is 11.6. The third kappa shape index (κ3) is 3.91. The third-order valence-electron chi connectivity index (χ3n) is 5.76. The average Bonchev–Trinajstić information content (AvgIpc) is 3.38. The zero-order chi connectivity index (χ0) is 23.7. The van der Waals surface area contributed by atoms with E-state index in [1.54, 1.807) is 25.4 Å². The molecule has 7 heteroatoms. The number of hydrogen-bond acceptors (Lipinski definition) is 6. The summed E-state index contributed by atoms with van der Waals surface area (Å²) >= 11 is 1.27. The second-order valence-electron chi connectivity index (χ2n) is 8.00. The molecular weight excluding hydrogens is 446 g/mol. The number of aryl methyl sites for hydroxylation is 1. The molecule has 5 rings (SSSR count). The topological polar surface area (TPSA) is 83.4 Å². The van der Waals surface area contributed by atoms with Crippen molar-refractivity contribution < 1.29 is 14.7 Å². The number of aliphatic hydroxyl groups is 1. The van der Waals surface area contributed by atoms with Crippen molar-refractivity contribution in [3.8, 4) is 10.6 Å². The molecule has 3 heterocycles. The van der Waals surface area contributed by atoms with Crippen LogP contribution in [0.4, 0.5) is 0 Å². The zero-order valence-corrected chi connectivity index (χ0v) is 19.2. The number of thiazole rings is 1. The first kappa shape index (κ1) is 21.7. The number of carbonyl (C=O) groups excluding carboxylic acids is 2. The van der Waals surface area contributed by atoms with Crippen LogP contribution in [0.15, 0.2) is 96.5 Å². The lowest BCUT2D eigenvalue weighted by Crippen LogP contribution is -2.30. The van der Waals surface area contributed by atoms with E-state index in [1.807, 2.05) is 66.7 Å². The van der Waals surface area contributed by atoms with Crippen molar-refractivity contribution in [1.82, 2.24) is 14.9 Å². The van der Waals surface area contributed by atoms with Gasteiger partial charge in [0.15, 0.2) is 5.76 Å². The standard InChI is InChI=1S/C27H21N3O3S/c1-17-25(34-26(29-17)20-12-6-3-7-13-20)23(31)21-22(19-10-4-2-5-11-19)30(27(33)24(21)32)16-18-9-8-14-28-15-18/h2-15,22,32H,16H2,1H3. The van der Waals surface area contributed by atoms with Crippen LogP contribution in [0.2, 0.25) is 0 Å². The lowest BCUT2D eigenvalue weighted by Gasteiger charge is -2.26. The molecule has 2 aromatic heterocycles. The number of pyridine rings is 1. The normalized spacial score (nSPS) is 15.7. The van der Waals surface area contributed by atoms with Gasteiger partial charge in [0.25, 0.3) is 5.91 Å². The van der Waals surface area contributed by atoms with Gasteiger partial charge in [0.2, 0.25) is 5.78 Å². The van der Waals surface area contributed by atoms with Gasteiger partial charge in [-0.2, -0.15) is 0 Å². The van der Waals surface area contributed by atoms with E-state index in [-0.39, 0.29) is 17.9 Å². The number of rotatable bonds is 6. The quantitative estimate of drug-likeness (QED) is 0.390.